The highest BCUT2D eigenvalue weighted by Gasteiger charge is 2.17. The molecule has 24 heavy (non-hydrogen) atoms. The second-order valence-electron chi connectivity index (χ2n) is 5.31. The van der Waals surface area contributed by atoms with Crippen LogP contribution in [-0.2, 0) is 0 Å². The minimum atomic E-state index is -0.259. The fourth-order valence-electron chi connectivity index (χ4n) is 2.28. The first-order chi connectivity index (χ1) is 11.5. The van der Waals surface area contributed by atoms with Crippen LogP contribution in [0.4, 0.5) is 11.4 Å². The Kier molecular flexibility index (Phi) is 5.52. The van der Waals surface area contributed by atoms with Crippen molar-refractivity contribution in [1.82, 2.24) is 0 Å². The van der Waals surface area contributed by atoms with Crippen LogP contribution in [0.1, 0.15) is 10.4 Å². The van der Waals surface area contributed by atoms with Crippen LogP contribution in [-0.4, -0.2) is 41.3 Å². The molecule has 0 saturated carbocycles. The van der Waals surface area contributed by atoms with Crippen LogP contribution in [0.5, 0.6) is 17.2 Å². The zero-order valence-electron chi connectivity index (χ0n) is 14.5. The number of rotatable bonds is 6. The predicted octanol–water partition coefficient (Wildman–Crippen LogP) is 3.03. The molecule has 0 aromatic heterocycles. The van der Waals surface area contributed by atoms with Gasteiger partial charge in [0.15, 0.2) is 11.5 Å². The van der Waals surface area contributed by atoms with E-state index in [1.54, 1.807) is 12.1 Å². The van der Waals surface area contributed by atoms with Crippen LogP contribution < -0.4 is 24.4 Å². The van der Waals surface area contributed by atoms with Crippen LogP contribution in [0.2, 0.25) is 0 Å². The molecule has 1 N–H and O–H groups in total. The highest BCUT2D eigenvalue weighted by Crippen LogP contribution is 2.38. The molecule has 0 fully saturated rings. The second-order valence-corrected chi connectivity index (χ2v) is 5.31. The van der Waals surface area contributed by atoms with Crippen molar-refractivity contribution in [2.45, 2.75) is 0 Å². The third kappa shape index (κ3) is 3.71. The Balaban J connectivity index is 2.31. The number of methoxy groups -OCH3 is 3. The molecule has 128 valence electrons. The van der Waals surface area contributed by atoms with E-state index in [2.05, 4.69) is 5.32 Å². The monoisotopic (exact) mass is 330 g/mol. The number of anilines is 2. The maximum absolute atomic E-state index is 12.6. The first kappa shape index (κ1) is 17.5. The molecule has 1 amide bonds. The predicted molar refractivity (Wildman–Crippen MR) is 94.8 cm³/mol. The summed E-state index contributed by atoms with van der Waals surface area (Å²) in [4.78, 5) is 14.5. The van der Waals surface area contributed by atoms with Crippen molar-refractivity contribution in [3.05, 3.63) is 42.0 Å². The topological polar surface area (TPSA) is 60.0 Å². The number of ether oxygens (including phenoxy) is 3. The molecule has 0 aliphatic heterocycles. The number of benzene rings is 2. The molecular formula is C18H22N2O4. The fourth-order valence-corrected chi connectivity index (χ4v) is 2.28. The van der Waals surface area contributed by atoms with Crippen LogP contribution in [0.15, 0.2) is 36.4 Å². The van der Waals surface area contributed by atoms with Crippen molar-refractivity contribution < 1.29 is 19.0 Å². The van der Waals surface area contributed by atoms with E-state index in [9.17, 15) is 4.79 Å². The minimum Gasteiger partial charge on any atom is -0.493 e. The van der Waals surface area contributed by atoms with Crippen molar-refractivity contribution in [1.29, 1.82) is 0 Å². The van der Waals surface area contributed by atoms with Gasteiger partial charge >= 0.3 is 0 Å². The lowest BCUT2D eigenvalue weighted by molar-refractivity contribution is 0.102. The average Bonchev–Trinajstić information content (AvgIpc) is 2.60. The van der Waals surface area contributed by atoms with Gasteiger partial charge in [-0.25, -0.2) is 0 Å². The quantitative estimate of drug-likeness (QED) is 0.882. The Morgan fingerprint density at radius 3 is 2.08 bits per heavy atom. The molecule has 0 unspecified atom stereocenters. The van der Waals surface area contributed by atoms with Gasteiger partial charge in [-0.15, -0.1) is 0 Å². The molecule has 2 rings (SSSR count). The molecule has 6 nitrogen and oxygen atoms in total. The largest absolute Gasteiger partial charge is 0.493 e. The van der Waals surface area contributed by atoms with Gasteiger partial charge in [0.2, 0.25) is 5.75 Å². The lowest BCUT2D eigenvalue weighted by Crippen LogP contribution is -2.14. The third-order valence-corrected chi connectivity index (χ3v) is 3.55. The normalized spacial score (nSPS) is 10.0. The summed E-state index contributed by atoms with van der Waals surface area (Å²) in [6, 6.07) is 10.8. The lowest BCUT2D eigenvalue weighted by atomic mass is 10.1. The summed E-state index contributed by atoms with van der Waals surface area (Å²) >= 11 is 0. The maximum atomic E-state index is 12.6. The van der Waals surface area contributed by atoms with Gasteiger partial charge < -0.3 is 24.4 Å². The average molecular weight is 330 g/mol. The number of carbonyl (C=O) groups excluding carboxylic acids is 1. The number of carbonyl (C=O) groups is 1. The Morgan fingerprint density at radius 1 is 0.958 bits per heavy atom. The van der Waals surface area contributed by atoms with Crippen molar-refractivity contribution in [2.75, 3.05) is 45.6 Å². The van der Waals surface area contributed by atoms with Crippen molar-refractivity contribution in [2.24, 2.45) is 0 Å². The molecule has 2 aromatic carbocycles. The van der Waals surface area contributed by atoms with E-state index in [0.29, 0.717) is 28.5 Å². The Morgan fingerprint density at radius 2 is 1.58 bits per heavy atom. The number of nitrogens with one attached hydrogen (secondary N) is 1. The molecule has 0 heterocycles. The van der Waals surface area contributed by atoms with Gasteiger partial charge in [-0.1, -0.05) is 6.07 Å². The maximum Gasteiger partial charge on any atom is 0.255 e. The summed E-state index contributed by atoms with van der Waals surface area (Å²) in [6.07, 6.45) is 0. The molecule has 0 radical (unpaired) electrons. The molecule has 0 aliphatic carbocycles. The second kappa shape index (κ2) is 7.59. The molecule has 2 aromatic rings. The summed E-state index contributed by atoms with van der Waals surface area (Å²) in [5.74, 6) is 1.06. The van der Waals surface area contributed by atoms with Crippen LogP contribution in [0.3, 0.4) is 0 Å². The van der Waals surface area contributed by atoms with Gasteiger partial charge in [0.05, 0.1) is 21.3 Å². The van der Waals surface area contributed by atoms with Gasteiger partial charge in [0.25, 0.3) is 5.91 Å². The highest BCUT2D eigenvalue weighted by molar-refractivity contribution is 6.05. The molecule has 0 bridgehead atoms. The zero-order chi connectivity index (χ0) is 17.7. The number of hydrogen-bond donors (Lipinski definition) is 1. The first-order valence-corrected chi connectivity index (χ1v) is 7.39. The van der Waals surface area contributed by atoms with E-state index < -0.39 is 0 Å². The van der Waals surface area contributed by atoms with Gasteiger partial charge in [-0.2, -0.15) is 0 Å². The summed E-state index contributed by atoms with van der Waals surface area (Å²) in [6.45, 7) is 0. The van der Waals surface area contributed by atoms with Gasteiger partial charge in [0, 0.05) is 31.0 Å². The van der Waals surface area contributed by atoms with Crippen LogP contribution in [0.25, 0.3) is 0 Å². The molecule has 0 saturated heterocycles. The van der Waals surface area contributed by atoms with Crippen LogP contribution >= 0.6 is 0 Å². The minimum absolute atomic E-state index is 0.259. The van der Waals surface area contributed by atoms with E-state index in [1.807, 2.05) is 43.3 Å². The highest BCUT2D eigenvalue weighted by atomic mass is 16.5. The number of hydrogen-bond acceptors (Lipinski definition) is 5. The van der Waals surface area contributed by atoms with Gasteiger partial charge in [-0.05, 0) is 30.3 Å². The Bertz CT molecular complexity index is 704. The van der Waals surface area contributed by atoms with Gasteiger partial charge in [-0.3, -0.25) is 4.79 Å². The molecule has 0 spiro atoms. The number of nitrogens with zero attached hydrogens (tertiary/aromatic N) is 1. The summed E-state index contributed by atoms with van der Waals surface area (Å²) in [5.41, 5.74) is 2.12. The lowest BCUT2D eigenvalue weighted by Gasteiger charge is -2.15. The fraction of sp³-hybridized carbons (Fsp3) is 0.278. The summed E-state index contributed by atoms with van der Waals surface area (Å²) < 4.78 is 15.8. The standard InChI is InChI=1S/C18H22N2O4/c1-20(2)14-8-6-7-13(11-14)19-18(21)12-9-15(22-3)17(24-5)16(10-12)23-4/h6-11H,1-5H3,(H,19,21). The molecular weight excluding hydrogens is 308 g/mol. The zero-order valence-corrected chi connectivity index (χ0v) is 14.5. The van der Waals surface area contributed by atoms with Crippen molar-refractivity contribution in [3.8, 4) is 17.2 Å². The Hall–Kier alpha value is -2.89. The molecule has 0 aliphatic rings. The van der Waals surface area contributed by atoms with E-state index in [0.717, 1.165) is 5.69 Å². The van der Waals surface area contributed by atoms with Crippen LogP contribution in [0, 0.1) is 0 Å². The smallest absolute Gasteiger partial charge is 0.255 e. The van der Waals surface area contributed by atoms with E-state index in [1.165, 1.54) is 21.3 Å². The first-order valence-electron chi connectivity index (χ1n) is 7.39. The SMILES string of the molecule is COc1cc(C(=O)Nc2cccc(N(C)C)c2)cc(OC)c1OC. The molecule has 6 heteroatoms. The number of amides is 1. The Labute approximate surface area is 141 Å². The molecule has 0 atom stereocenters. The van der Waals surface area contributed by atoms with E-state index in [4.69, 9.17) is 14.2 Å². The van der Waals surface area contributed by atoms with E-state index in [-0.39, 0.29) is 5.91 Å². The van der Waals surface area contributed by atoms with Gasteiger partial charge in [0.1, 0.15) is 0 Å². The summed E-state index contributed by atoms with van der Waals surface area (Å²) in [5, 5.41) is 2.88. The van der Waals surface area contributed by atoms with Crippen molar-refractivity contribution >= 4 is 17.3 Å². The van der Waals surface area contributed by atoms with E-state index >= 15 is 0 Å². The third-order valence-electron chi connectivity index (χ3n) is 3.55. The van der Waals surface area contributed by atoms with Crippen molar-refractivity contribution in [3.63, 3.8) is 0 Å². The summed E-state index contributed by atoms with van der Waals surface area (Å²) in [7, 11) is 8.44.